The van der Waals surface area contributed by atoms with Crippen LogP contribution in [0.25, 0.3) is 0 Å². The van der Waals surface area contributed by atoms with Crippen LogP contribution in [-0.2, 0) is 15.5 Å². The fraction of sp³-hybridized carbons (Fsp3) is 0.900. The molecule has 0 aromatic heterocycles. The Bertz CT molecular complexity index is 248. The van der Waals surface area contributed by atoms with Gasteiger partial charge in [-0.05, 0) is 27.7 Å². The number of hydrogen-bond donors (Lipinski definition) is 0. The quantitative estimate of drug-likeness (QED) is 0.747. The fourth-order valence-electron chi connectivity index (χ4n) is 0.965. The van der Waals surface area contributed by atoms with Gasteiger partial charge in [0.2, 0.25) is 0 Å². The van der Waals surface area contributed by atoms with Gasteiger partial charge in [-0.15, -0.1) is 0 Å². The van der Waals surface area contributed by atoms with Crippen molar-refractivity contribution < 1.29 is 13.7 Å². The van der Waals surface area contributed by atoms with Gasteiger partial charge in [-0.1, -0.05) is 0 Å². The lowest BCUT2D eigenvalue weighted by atomic mass is 10.2. The summed E-state index contributed by atoms with van der Waals surface area (Å²) in [6.07, 6.45) is 1.25. The average Bonchev–Trinajstić information content (AvgIpc) is 1.98. The standard InChI is InChI=1S/C10H21NO3S/c1-8(7-15(6)13)11(5)9(12)14-10(2,3)4/h8H,7H2,1-6H3. The first-order chi connectivity index (χ1) is 6.63. The maximum Gasteiger partial charge on any atom is 0.410 e. The molecule has 0 fully saturated rings. The normalized spacial score (nSPS) is 15.6. The van der Waals surface area contributed by atoms with Gasteiger partial charge in [-0.2, -0.15) is 0 Å². The smallest absolute Gasteiger partial charge is 0.410 e. The van der Waals surface area contributed by atoms with E-state index in [9.17, 15) is 9.00 Å². The minimum Gasteiger partial charge on any atom is -0.444 e. The third kappa shape index (κ3) is 6.49. The molecule has 0 saturated carbocycles. The number of hydrogen-bond acceptors (Lipinski definition) is 3. The molecule has 0 radical (unpaired) electrons. The lowest BCUT2D eigenvalue weighted by Gasteiger charge is -2.28. The van der Waals surface area contributed by atoms with Crippen LogP contribution in [0.5, 0.6) is 0 Å². The van der Waals surface area contributed by atoms with E-state index in [0.717, 1.165) is 0 Å². The summed E-state index contributed by atoms with van der Waals surface area (Å²) in [6.45, 7) is 7.31. The van der Waals surface area contributed by atoms with Crippen LogP contribution in [0.2, 0.25) is 0 Å². The largest absolute Gasteiger partial charge is 0.444 e. The summed E-state index contributed by atoms with van der Waals surface area (Å²) in [5.41, 5.74) is -0.490. The number of ether oxygens (including phenoxy) is 1. The Morgan fingerprint density at radius 2 is 1.93 bits per heavy atom. The van der Waals surface area contributed by atoms with Crippen molar-refractivity contribution in [1.82, 2.24) is 4.90 Å². The van der Waals surface area contributed by atoms with E-state index in [2.05, 4.69) is 0 Å². The molecule has 0 aromatic carbocycles. The van der Waals surface area contributed by atoms with Crippen LogP contribution in [0.1, 0.15) is 27.7 Å². The summed E-state index contributed by atoms with van der Waals surface area (Å²) >= 11 is 0. The van der Waals surface area contributed by atoms with Gasteiger partial charge in [0, 0.05) is 35.9 Å². The lowest BCUT2D eigenvalue weighted by molar-refractivity contribution is 0.0252. The highest BCUT2D eigenvalue weighted by molar-refractivity contribution is 7.84. The summed E-state index contributed by atoms with van der Waals surface area (Å²) < 4.78 is 16.2. The van der Waals surface area contributed by atoms with Gasteiger partial charge >= 0.3 is 6.09 Å². The zero-order valence-electron chi connectivity index (χ0n) is 10.4. The maximum absolute atomic E-state index is 11.6. The van der Waals surface area contributed by atoms with E-state index in [1.807, 2.05) is 27.7 Å². The summed E-state index contributed by atoms with van der Waals surface area (Å²) in [6, 6.07) is -0.0781. The Labute approximate surface area is 94.4 Å². The number of nitrogens with zero attached hydrogens (tertiary/aromatic N) is 1. The third-order valence-corrected chi connectivity index (χ3v) is 2.77. The molecular weight excluding hydrogens is 214 g/mol. The van der Waals surface area contributed by atoms with Crippen molar-refractivity contribution in [3.8, 4) is 0 Å². The van der Waals surface area contributed by atoms with Gasteiger partial charge in [0.15, 0.2) is 0 Å². The fourth-order valence-corrected chi connectivity index (χ4v) is 1.87. The van der Waals surface area contributed by atoms with E-state index in [4.69, 9.17) is 4.74 Å². The Morgan fingerprint density at radius 3 is 2.27 bits per heavy atom. The van der Waals surface area contributed by atoms with Crippen molar-refractivity contribution in [1.29, 1.82) is 0 Å². The summed E-state index contributed by atoms with van der Waals surface area (Å²) in [5, 5.41) is 0. The van der Waals surface area contributed by atoms with Gasteiger partial charge < -0.3 is 9.64 Å². The second-order valence-electron chi connectivity index (χ2n) is 4.68. The third-order valence-electron chi connectivity index (χ3n) is 1.82. The van der Waals surface area contributed by atoms with Crippen molar-refractivity contribution >= 4 is 16.9 Å². The highest BCUT2D eigenvalue weighted by Crippen LogP contribution is 2.10. The number of rotatable bonds is 3. The van der Waals surface area contributed by atoms with Gasteiger partial charge in [0.05, 0.1) is 0 Å². The molecule has 90 valence electrons. The molecular formula is C10H21NO3S. The molecule has 0 aliphatic carbocycles. The molecule has 15 heavy (non-hydrogen) atoms. The monoisotopic (exact) mass is 235 g/mol. The Hall–Kier alpha value is -0.580. The predicted octanol–water partition coefficient (Wildman–Crippen LogP) is 1.62. The van der Waals surface area contributed by atoms with E-state index in [0.29, 0.717) is 5.75 Å². The molecule has 0 N–H and O–H groups in total. The van der Waals surface area contributed by atoms with Crippen LogP contribution in [0, 0.1) is 0 Å². The molecule has 0 aliphatic heterocycles. The van der Waals surface area contributed by atoms with Crippen molar-refractivity contribution in [2.24, 2.45) is 0 Å². The minimum absolute atomic E-state index is 0.0781. The highest BCUT2D eigenvalue weighted by Gasteiger charge is 2.23. The number of amides is 1. The zero-order chi connectivity index (χ0) is 12.2. The first kappa shape index (κ1) is 14.4. The maximum atomic E-state index is 11.6. The minimum atomic E-state index is -0.905. The van der Waals surface area contributed by atoms with Crippen LogP contribution in [-0.4, -0.2) is 45.9 Å². The molecule has 1 amide bonds. The molecule has 0 bridgehead atoms. The van der Waals surface area contributed by atoms with Crippen molar-refractivity contribution in [2.75, 3.05) is 19.1 Å². The summed E-state index contributed by atoms with van der Waals surface area (Å²) in [7, 11) is 0.753. The van der Waals surface area contributed by atoms with Crippen LogP contribution in [0.4, 0.5) is 4.79 Å². The van der Waals surface area contributed by atoms with Gasteiger partial charge in [-0.3, -0.25) is 4.21 Å². The van der Waals surface area contributed by atoms with Gasteiger partial charge in [-0.25, -0.2) is 4.79 Å². The molecule has 0 saturated heterocycles. The molecule has 0 spiro atoms. The van der Waals surface area contributed by atoms with Crippen LogP contribution >= 0.6 is 0 Å². The average molecular weight is 235 g/mol. The van der Waals surface area contributed by atoms with Crippen LogP contribution < -0.4 is 0 Å². The first-order valence-electron chi connectivity index (χ1n) is 4.89. The van der Waals surface area contributed by atoms with Gasteiger partial charge in [0.1, 0.15) is 5.60 Å². The SMILES string of the molecule is CC(CS(C)=O)N(C)C(=O)OC(C)(C)C. The van der Waals surface area contributed by atoms with Crippen molar-refractivity contribution in [3.05, 3.63) is 0 Å². The zero-order valence-corrected chi connectivity index (χ0v) is 11.2. The number of carbonyl (C=O) groups is 1. The van der Waals surface area contributed by atoms with Crippen molar-refractivity contribution in [3.63, 3.8) is 0 Å². The second-order valence-corrected chi connectivity index (χ2v) is 6.16. The molecule has 0 rings (SSSR count). The van der Waals surface area contributed by atoms with Crippen LogP contribution in [0.15, 0.2) is 0 Å². The van der Waals surface area contributed by atoms with E-state index in [-0.39, 0.29) is 12.1 Å². The van der Waals surface area contributed by atoms with Gasteiger partial charge in [0.25, 0.3) is 0 Å². The predicted molar refractivity (Wildman–Crippen MR) is 62.4 cm³/mol. The topological polar surface area (TPSA) is 46.6 Å². The molecule has 2 atom stereocenters. The second kappa shape index (κ2) is 5.49. The first-order valence-corrected chi connectivity index (χ1v) is 6.62. The Balaban J connectivity index is 4.25. The van der Waals surface area contributed by atoms with Crippen LogP contribution in [0.3, 0.4) is 0 Å². The Kier molecular flexibility index (Phi) is 5.28. The van der Waals surface area contributed by atoms with E-state index >= 15 is 0 Å². The lowest BCUT2D eigenvalue weighted by Crippen LogP contribution is -2.41. The molecule has 2 unspecified atom stereocenters. The van der Waals surface area contributed by atoms with E-state index in [1.165, 1.54) is 4.90 Å². The summed E-state index contributed by atoms with van der Waals surface area (Å²) in [4.78, 5) is 13.1. The van der Waals surface area contributed by atoms with Crippen molar-refractivity contribution in [2.45, 2.75) is 39.3 Å². The molecule has 5 heteroatoms. The number of carbonyl (C=O) groups excluding carboxylic acids is 1. The summed E-state index contributed by atoms with van der Waals surface area (Å²) in [5.74, 6) is 0.468. The van der Waals surface area contributed by atoms with E-state index in [1.54, 1.807) is 13.3 Å². The van der Waals surface area contributed by atoms with E-state index < -0.39 is 16.4 Å². The molecule has 0 aliphatic rings. The molecule has 4 nitrogen and oxygen atoms in total. The molecule has 0 heterocycles. The Morgan fingerprint density at radius 1 is 1.47 bits per heavy atom. The molecule has 0 aromatic rings. The highest BCUT2D eigenvalue weighted by atomic mass is 32.2.